The van der Waals surface area contributed by atoms with E-state index < -0.39 is 10.0 Å². The van der Waals surface area contributed by atoms with E-state index in [0.29, 0.717) is 44.0 Å². The molecule has 2 N–H and O–H groups in total. The maximum atomic E-state index is 12.9. The van der Waals surface area contributed by atoms with Gasteiger partial charge in [0.25, 0.3) is 15.9 Å². The number of carbonyl (C=O) groups is 2. The molecule has 2 heterocycles. The molecule has 1 fully saturated rings. The zero-order valence-corrected chi connectivity index (χ0v) is 18.3. The van der Waals surface area contributed by atoms with Gasteiger partial charge in [-0.3, -0.25) is 24.2 Å². The topological polar surface area (TPSA) is 112 Å². The number of hydrogen-bond donors (Lipinski definition) is 2. The fourth-order valence-electron chi connectivity index (χ4n) is 3.38. The first-order valence-electron chi connectivity index (χ1n) is 10.2. The standard InChI is InChI=1S/C21H27N5O4S/c1-2-23-20(27)16-25-12-3-13-26(15-14-25)21(28)17-4-6-19(7-5-17)31(29,30)24-18-8-10-22-11-9-18/h4-11H,2-3,12-16H2,1H3,(H,22,24)(H,23,27). The number of rotatable bonds is 7. The lowest BCUT2D eigenvalue weighted by Gasteiger charge is -2.22. The van der Waals surface area contributed by atoms with Gasteiger partial charge in [0.05, 0.1) is 17.1 Å². The zero-order valence-electron chi connectivity index (χ0n) is 17.5. The van der Waals surface area contributed by atoms with Crippen LogP contribution in [0.25, 0.3) is 0 Å². The highest BCUT2D eigenvalue weighted by Crippen LogP contribution is 2.17. The Bertz CT molecular complexity index is 996. The zero-order chi connectivity index (χ0) is 22.3. The number of pyridine rings is 1. The number of nitrogens with one attached hydrogen (secondary N) is 2. The average molecular weight is 446 g/mol. The van der Waals surface area contributed by atoms with Crippen LogP contribution in [0, 0.1) is 0 Å². The Hall–Kier alpha value is -2.98. The van der Waals surface area contributed by atoms with Crippen molar-refractivity contribution in [1.29, 1.82) is 0 Å². The molecule has 0 spiro atoms. The molecule has 1 aliphatic rings. The summed E-state index contributed by atoms with van der Waals surface area (Å²) >= 11 is 0. The molecule has 10 heteroatoms. The van der Waals surface area contributed by atoms with E-state index in [2.05, 4.69) is 15.0 Å². The SMILES string of the molecule is CCNC(=O)CN1CCCN(C(=O)c2ccc(S(=O)(=O)Nc3ccncc3)cc2)CC1. The van der Waals surface area contributed by atoms with Gasteiger partial charge in [-0.15, -0.1) is 0 Å². The Morgan fingerprint density at radius 3 is 2.39 bits per heavy atom. The van der Waals surface area contributed by atoms with Crippen molar-refractivity contribution in [2.75, 3.05) is 44.0 Å². The molecule has 1 saturated heterocycles. The highest BCUT2D eigenvalue weighted by molar-refractivity contribution is 7.92. The average Bonchev–Trinajstić information content (AvgIpc) is 2.99. The number of carbonyl (C=O) groups excluding carboxylic acids is 2. The molecule has 1 aliphatic heterocycles. The van der Waals surface area contributed by atoms with E-state index in [1.54, 1.807) is 17.0 Å². The van der Waals surface area contributed by atoms with Crippen LogP contribution in [0.1, 0.15) is 23.7 Å². The molecular formula is C21H27N5O4S. The summed E-state index contributed by atoms with van der Waals surface area (Å²) in [5.41, 5.74) is 0.844. The molecule has 0 radical (unpaired) electrons. The normalized spacial score (nSPS) is 15.2. The van der Waals surface area contributed by atoms with Gasteiger partial charge in [0, 0.05) is 50.7 Å². The molecule has 0 atom stereocenters. The molecule has 9 nitrogen and oxygen atoms in total. The first kappa shape index (κ1) is 22.7. The van der Waals surface area contributed by atoms with Crippen LogP contribution < -0.4 is 10.0 Å². The minimum absolute atomic E-state index is 0.0144. The van der Waals surface area contributed by atoms with Gasteiger partial charge >= 0.3 is 0 Å². The second-order valence-corrected chi connectivity index (χ2v) is 8.92. The summed E-state index contributed by atoms with van der Waals surface area (Å²) in [7, 11) is -3.76. The number of benzene rings is 1. The fourth-order valence-corrected chi connectivity index (χ4v) is 4.44. The third kappa shape index (κ3) is 6.25. The van der Waals surface area contributed by atoms with Crippen LogP contribution in [-0.4, -0.2) is 74.3 Å². The minimum atomic E-state index is -3.76. The van der Waals surface area contributed by atoms with E-state index >= 15 is 0 Å². The van der Waals surface area contributed by atoms with Crippen LogP contribution in [0.15, 0.2) is 53.7 Å². The molecule has 0 aliphatic carbocycles. The summed E-state index contributed by atoms with van der Waals surface area (Å²) in [6.07, 6.45) is 3.77. The van der Waals surface area contributed by atoms with Gasteiger partial charge in [0.1, 0.15) is 0 Å². The molecule has 166 valence electrons. The summed E-state index contributed by atoms with van der Waals surface area (Å²) < 4.78 is 27.6. The van der Waals surface area contributed by atoms with Crippen LogP contribution in [0.4, 0.5) is 5.69 Å². The van der Waals surface area contributed by atoms with E-state index in [1.807, 2.05) is 11.8 Å². The molecule has 1 aromatic heterocycles. The number of nitrogens with zero attached hydrogens (tertiary/aromatic N) is 3. The van der Waals surface area contributed by atoms with Crippen LogP contribution in [-0.2, 0) is 14.8 Å². The molecule has 31 heavy (non-hydrogen) atoms. The maximum Gasteiger partial charge on any atom is 0.261 e. The molecule has 1 aromatic carbocycles. The van der Waals surface area contributed by atoms with E-state index in [4.69, 9.17) is 0 Å². The van der Waals surface area contributed by atoms with Crippen molar-refractivity contribution in [2.24, 2.45) is 0 Å². The highest BCUT2D eigenvalue weighted by atomic mass is 32.2. The summed E-state index contributed by atoms with van der Waals surface area (Å²) in [4.78, 5) is 32.4. The molecular weight excluding hydrogens is 418 g/mol. The quantitative estimate of drug-likeness (QED) is 0.662. The summed E-state index contributed by atoms with van der Waals surface area (Å²) in [6.45, 7) is 5.28. The van der Waals surface area contributed by atoms with Crippen molar-refractivity contribution >= 4 is 27.5 Å². The lowest BCUT2D eigenvalue weighted by Crippen LogP contribution is -2.40. The largest absolute Gasteiger partial charge is 0.355 e. The van der Waals surface area contributed by atoms with Crippen molar-refractivity contribution in [3.05, 3.63) is 54.4 Å². The number of sulfonamides is 1. The third-order valence-corrected chi connectivity index (χ3v) is 6.36. The van der Waals surface area contributed by atoms with Gasteiger partial charge in [-0.2, -0.15) is 0 Å². The monoisotopic (exact) mass is 445 g/mol. The van der Waals surface area contributed by atoms with Crippen molar-refractivity contribution in [1.82, 2.24) is 20.1 Å². The molecule has 0 saturated carbocycles. The molecule has 2 aromatic rings. The second-order valence-electron chi connectivity index (χ2n) is 7.24. The lowest BCUT2D eigenvalue weighted by molar-refractivity contribution is -0.122. The maximum absolute atomic E-state index is 12.9. The van der Waals surface area contributed by atoms with Gasteiger partial charge in [-0.1, -0.05) is 0 Å². The van der Waals surface area contributed by atoms with E-state index in [9.17, 15) is 18.0 Å². The third-order valence-electron chi connectivity index (χ3n) is 4.96. The Labute approximate surface area is 182 Å². The Kier molecular flexibility index (Phi) is 7.59. The smallest absolute Gasteiger partial charge is 0.261 e. The van der Waals surface area contributed by atoms with Crippen molar-refractivity contribution in [2.45, 2.75) is 18.2 Å². The number of aromatic nitrogens is 1. The van der Waals surface area contributed by atoms with Crippen LogP contribution in [0.2, 0.25) is 0 Å². The first-order chi connectivity index (χ1) is 14.9. The van der Waals surface area contributed by atoms with E-state index in [0.717, 1.165) is 13.0 Å². The highest BCUT2D eigenvalue weighted by Gasteiger charge is 2.22. The number of amides is 2. The van der Waals surface area contributed by atoms with Crippen LogP contribution in [0.5, 0.6) is 0 Å². The summed E-state index contributed by atoms with van der Waals surface area (Å²) in [5.74, 6) is -0.162. The van der Waals surface area contributed by atoms with Crippen molar-refractivity contribution < 1.29 is 18.0 Å². The Balaban J connectivity index is 1.61. The predicted octanol–water partition coefficient (Wildman–Crippen LogP) is 1.17. The van der Waals surface area contributed by atoms with Gasteiger partial charge in [0.2, 0.25) is 5.91 Å². The minimum Gasteiger partial charge on any atom is -0.355 e. The van der Waals surface area contributed by atoms with Crippen LogP contribution >= 0.6 is 0 Å². The van der Waals surface area contributed by atoms with Gasteiger partial charge in [-0.05, 0) is 49.7 Å². The number of hydrogen-bond acceptors (Lipinski definition) is 6. The molecule has 2 amide bonds. The van der Waals surface area contributed by atoms with Gasteiger partial charge in [-0.25, -0.2) is 8.42 Å². The fraction of sp³-hybridized carbons (Fsp3) is 0.381. The van der Waals surface area contributed by atoms with E-state index in [1.165, 1.54) is 36.7 Å². The van der Waals surface area contributed by atoms with Gasteiger partial charge < -0.3 is 10.2 Å². The van der Waals surface area contributed by atoms with Crippen molar-refractivity contribution in [3.63, 3.8) is 0 Å². The van der Waals surface area contributed by atoms with Crippen molar-refractivity contribution in [3.8, 4) is 0 Å². The Morgan fingerprint density at radius 1 is 1.00 bits per heavy atom. The predicted molar refractivity (Wildman–Crippen MR) is 117 cm³/mol. The summed E-state index contributed by atoms with van der Waals surface area (Å²) in [5, 5.41) is 2.79. The number of anilines is 1. The lowest BCUT2D eigenvalue weighted by atomic mass is 10.2. The molecule has 0 bridgehead atoms. The molecule has 3 rings (SSSR count). The van der Waals surface area contributed by atoms with E-state index in [-0.39, 0.29) is 16.7 Å². The summed E-state index contributed by atoms with van der Waals surface area (Å²) in [6, 6.07) is 9.03. The first-order valence-corrected chi connectivity index (χ1v) is 11.7. The molecule has 0 unspecified atom stereocenters. The second kappa shape index (κ2) is 10.4. The Morgan fingerprint density at radius 2 is 1.71 bits per heavy atom. The van der Waals surface area contributed by atoms with Crippen LogP contribution in [0.3, 0.4) is 0 Å². The van der Waals surface area contributed by atoms with Gasteiger partial charge in [0.15, 0.2) is 0 Å². The number of likely N-dealkylation sites (N-methyl/N-ethyl adjacent to an activating group) is 1.